The monoisotopic (exact) mass is 379 g/mol. The van der Waals surface area contributed by atoms with Crippen LogP contribution in [0, 0.1) is 11.3 Å². The molecule has 1 atom stereocenters. The second kappa shape index (κ2) is 10.9. The van der Waals surface area contributed by atoms with Gasteiger partial charge in [0.1, 0.15) is 0 Å². The molecule has 1 saturated carbocycles. The van der Waals surface area contributed by atoms with Gasteiger partial charge in [-0.15, -0.1) is 0 Å². The highest BCUT2D eigenvalue weighted by molar-refractivity contribution is 5.84. The van der Waals surface area contributed by atoms with Gasteiger partial charge in [-0.1, -0.05) is 26.2 Å². The van der Waals surface area contributed by atoms with Crippen molar-refractivity contribution < 1.29 is 4.79 Å². The lowest BCUT2D eigenvalue weighted by atomic mass is 9.85. The van der Waals surface area contributed by atoms with Crippen LogP contribution in [0.1, 0.15) is 58.8 Å². The van der Waals surface area contributed by atoms with Gasteiger partial charge in [0.05, 0.1) is 12.0 Å². The fraction of sp³-hybridized carbons (Fsp3) is 0.905. The first kappa shape index (κ1) is 22.0. The molecule has 27 heavy (non-hydrogen) atoms. The SMILES string of the molecule is CCNC(=NCC1(C(=O)N(C)C)CCCC1)NCC(C)CN1CCCCC1. The van der Waals surface area contributed by atoms with Gasteiger partial charge in [0.2, 0.25) is 5.91 Å². The first-order valence-electron chi connectivity index (χ1n) is 10.9. The number of nitrogens with one attached hydrogen (secondary N) is 2. The molecule has 2 N–H and O–H groups in total. The summed E-state index contributed by atoms with van der Waals surface area (Å²) in [7, 11) is 3.72. The highest BCUT2D eigenvalue weighted by atomic mass is 16.2. The van der Waals surface area contributed by atoms with Crippen LogP contribution in [0.3, 0.4) is 0 Å². The van der Waals surface area contributed by atoms with Gasteiger partial charge in [0, 0.05) is 33.7 Å². The largest absolute Gasteiger partial charge is 0.357 e. The van der Waals surface area contributed by atoms with Crippen molar-refractivity contribution in [2.75, 3.05) is 53.4 Å². The number of hydrogen-bond acceptors (Lipinski definition) is 3. The van der Waals surface area contributed by atoms with Crippen LogP contribution in [0.15, 0.2) is 4.99 Å². The van der Waals surface area contributed by atoms with Crippen molar-refractivity contribution in [3.05, 3.63) is 0 Å². The smallest absolute Gasteiger partial charge is 0.230 e. The summed E-state index contributed by atoms with van der Waals surface area (Å²) >= 11 is 0. The number of amides is 1. The van der Waals surface area contributed by atoms with Crippen molar-refractivity contribution in [3.8, 4) is 0 Å². The summed E-state index contributed by atoms with van der Waals surface area (Å²) < 4.78 is 0. The predicted octanol–water partition coefficient (Wildman–Crippen LogP) is 2.31. The molecule has 6 heteroatoms. The van der Waals surface area contributed by atoms with Crippen molar-refractivity contribution in [1.29, 1.82) is 0 Å². The molecular weight excluding hydrogens is 338 g/mol. The van der Waals surface area contributed by atoms with Crippen LogP contribution >= 0.6 is 0 Å². The third-order valence-corrected chi connectivity index (χ3v) is 5.94. The average Bonchev–Trinajstić information content (AvgIpc) is 3.14. The maximum atomic E-state index is 12.7. The van der Waals surface area contributed by atoms with E-state index in [0.717, 1.165) is 51.3 Å². The van der Waals surface area contributed by atoms with Crippen molar-refractivity contribution in [2.24, 2.45) is 16.3 Å². The lowest BCUT2D eigenvalue weighted by Gasteiger charge is -2.30. The third-order valence-electron chi connectivity index (χ3n) is 5.94. The van der Waals surface area contributed by atoms with E-state index < -0.39 is 0 Å². The van der Waals surface area contributed by atoms with Crippen molar-refractivity contribution >= 4 is 11.9 Å². The molecule has 0 aromatic rings. The van der Waals surface area contributed by atoms with E-state index in [9.17, 15) is 4.79 Å². The summed E-state index contributed by atoms with van der Waals surface area (Å²) in [6.07, 6.45) is 8.24. The Morgan fingerprint density at radius 1 is 1.11 bits per heavy atom. The summed E-state index contributed by atoms with van der Waals surface area (Å²) in [5, 5.41) is 6.86. The molecule has 0 bridgehead atoms. The molecule has 1 unspecified atom stereocenters. The van der Waals surface area contributed by atoms with Gasteiger partial charge in [0.25, 0.3) is 0 Å². The Morgan fingerprint density at radius 2 is 1.78 bits per heavy atom. The number of nitrogens with zero attached hydrogens (tertiary/aromatic N) is 3. The minimum atomic E-state index is -0.300. The summed E-state index contributed by atoms with van der Waals surface area (Å²) in [6.45, 7) is 10.4. The van der Waals surface area contributed by atoms with E-state index in [4.69, 9.17) is 4.99 Å². The fourth-order valence-electron chi connectivity index (χ4n) is 4.46. The van der Waals surface area contributed by atoms with Crippen molar-refractivity contribution in [2.45, 2.75) is 58.8 Å². The average molecular weight is 380 g/mol. The molecular formula is C21H41N5O. The van der Waals surface area contributed by atoms with Crippen LogP contribution in [-0.4, -0.2) is 75.0 Å². The van der Waals surface area contributed by atoms with Gasteiger partial charge in [-0.2, -0.15) is 0 Å². The van der Waals surface area contributed by atoms with Crippen LogP contribution in [-0.2, 0) is 4.79 Å². The molecule has 0 aromatic carbocycles. The van der Waals surface area contributed by atoms with Crippen LogP contribution in [0.4, 0.5) is 0 Å². The van der Waals surface area contributed by atoms with Crippen molar-refractivity contribution in [1.82, 2.24) is 20.4 Å². The zero-order valence-corrected chi connectivity index (χ0v) is 18.0. The molecule has 2 rings (SSSR count). The number of carbonyl (C=O) groups is 1. The molecule has 156 valence electrons. The zero-order chi connectivity index (χ0) is 19.7. The number of likely N-dealkylation sites (tertiary alicyclic amines) is 1. The Labute approximate surface area is 166 Å². The Kier molecular flexibility index (Phi) is 8.87. The van der Waals surface area contributed by atoms with Gasteiger partial charge in [-0.3, -0.25) is 9.79 Å². The fourth-order valence-corrected chi connectivity index (χ4v) is 4.46. The van der Waals surface area contributed by atoms with Crippen LogP contribution in [0.25, 0.3) is 0 Å². The minimum absolute atomic E-state index is 0.234. The van der Waals surface area contributed by atoms with Gasteiger partial charge in [-0.05, 0) is 51.6 Å². The summed E-state index contributed by atoms with van der Waals surface area (Å²) in [5.74, 6) is 1.66. The number of guanidine groups is 1. The van der Waals surface area contributed by atoms with Crippen LogP contribution < -0.4 is 10.6 Å². The number of aliphatic imine (C=N–C) groups is 1. The molecule has 1 aliphatic carbocycles. The lowest BCUT2D eigenvalue weighted by Crippen LogP contribution is -2.44. The second-order valence-electron chi connectivity index (χ2n) is 8.73. The normalized spacial score (nSPS) is 21.7. The molecule has 1 amide bonds. The summed E-state index contributed by atoms with van der Waals surface area (Å²) in [5.41, 5.74) is -0.300. The van der Waals surface area contributed by atoms with Crippen LogP contribution in [0.5, 0.6) is 0 Å². The predicted molar refractivity (Wildman–Crippen MR) is 113 cm³/mol. The lowest BCUT2D eigenvalue weighted by molar-refractivity contribution is -0.138. The Balaban J connectivity index is 1.89. The van der Waals surface area contributed by atoms with E-state index in [0.29, 0.717) is 12.5 Å². The van der Waals surface area contributed by atoms with E-state index >= 15 is 0 Å². The minimum Gasteiger partial charge on any atom is -0.357 e. The Hall–Kier alpha value is -1.30. The third kappa shape index (κ3) is 6.66. The molecule has 2 aliphatic rings. The van der Waals surface area contributed by atoms with Gasteiger partial charge in [-0.25, -0.2) is 0 Å². The Morgan fingerprint density at radius 3 is 2.37 bits per heavy atom. The van der Waals surface area contributed by atoms with E-state index in [-0.39, 0.29) is 11.3 Å². The number of carbonyl (C=O) groups excluding carboxylic acids is 1. The maximum Gasteiger partial charge on any atom is 0.230 e. The standard InChI is InChI=1S/C21H41N5O/c1-5-22-20(23-15-18(2)16-26-13-9-6-10-14-26)24-17-21(11-7-8-12-21)19(27)25(3)4/h18H,5-17H2,1-4H3,(H2,22,23,24). The number of piperidine rings is 1. The molecule has 2 fully saturated rings. The summed E-state index contributed by atoms with van der Waals surface area (Å²) in [4.78, 5) is 21.9. The molecule has 0 spiro atoms. The molecule has 1 heterocycles. The topological polar surface area (TPSA) is 60.0 Å². The van der Waals surface area contributed by atoms with Crippen molar-refractivity contribution in [3.63, 3.8) is 0 Å². The first-order valence-corrected chi connectivity index (χ1v) is 10.9. The zero-order valence-electron chi connectivity index (χ0n) is 18.0. The quantitative estimate of drug-likeness (QED) is 0.502. The van der Waals surface area contributed by atoms with Gasteiger partial charge in [0.15, 0.2) is 5.96 Å². The maximum absolute atomic E-state index is 12.7. The molecule has 1 saturated heterocycles. The molecule has 6 nitrogen and oxygen atoms in total. The van der Waals surface area contributed by atoms with E-state index in [1.54, 1.807) is 4.90 Å². The highest BCUT2D eigenvalue weighted by Gasteiger charge is 2.42. The molecule has 1 aliphatic heterocycles. The summed E-state index contributed by atoms with van der Waals surface area (Å²) in [6, 6.07) is 0. The van der Waals surface area contributed by atoms with Gasteiger partial charge < -0.3 is 20.4 Å². The number of hydrogen-bond donors (Lipinski definition) is 2. The number of rotatable bonds is 8. The van der Waals surface area contributed by atoms with Gasteiger partial charge >= 0.3 is 0 Å². The first-order chi connectivity index (χ1) is 13.0. The molecule has 0 radical (unpaired) electrons. The Bertz CT molecular complexity index is 479. The van der Waals surface area contributed by atoms with E-state index in [1.165, 1.54) is 32.4 Å². The second-order valence-corrected chi connectivity index (χ2v) is 8.73. The van der Waals surface area contributed by atoms with Crippen LogP contribution in [0.2, 0.25) is 0 Å². The van der Waals surface area contributed by atoms with E-state index in [1.807, 2.05) is 14.1 Å². The van der Waals surface area contributed by atoms with E-state index in [2.05, 4.69) is 29.4 Å². The highest BCUT2D eigenvalue weighted by Crippen LogP contribution is 2.39. The molecule has 0 aromatic heterocycles.